The topological polar surface area (TPSA) is 55.1 Å². The number of carbonyl (C=O) groups is 1. The van der Waals surface area contributed by atoms with Gasteiger partial charge in [0.05, 0.1) is 0 Å². The highest BCUT2D eigenvalue weighted by molar-refractivity contribution is 5.80. The lowest BCUT2D eigenvalue weighted by Gasteiger charge is -2.15. The van der Waals surface area contributed by atoms with Gasteiger partial charge in [-0.1, -0.05) is 31.2 Å². The molecule has 0 bridgehead atoms. The van der Waals surface area contributed by atoms with Gasteiger partial charge in [-0.25, -0.2) is 0 Å². The van der Waals surface area contributed by atoms with Crippen molar-refractivity contribution in [2.75, 3.05) is 11.9 Å². The first-order valence-corrected chi connectivity index (χ1v) is 6.86. The van der Waals surface area contributed by atoms with Crippen LogP contribution in [0, 0.1) is 0 Å². The molecule has 0 saturated carbocycles. The maximum Gasteiger partial charge on any atom is 0.150 e. The second-order valence-electron chi connectivity index (χ2n) is 4.93. The molecule has 3 heteroatoms. The molecule has 0 saturated heterocycles. The van der Waals surface area contributed by atoms with Crippen LogP contribution in [0.1, 0.15) is 35.2 Å². The average molecular weight is 268 g/mol. The number of benzene rings is 2. The number of aldehydes is 1. The van der Waals surface area contributed by atoms with Gasteiger partial charge < -0.3 is 11.1 Å². The van der Waals surface area contributed by atoms with Crippen LogP contribution < -0.4 is 11.1 Å². The summed E-state index contributed by atoms with van der Waals surface area (Å²) >= 11 is 0. The van der Waals surface area contributed by atoms with Gasteiger partial charge in [0, 0.05) is 16.9 Å². The molecule has 0 heterocycles. The molecule has 1 unspecified atom stereocenters. The van der Waals surface area contributed by atoms with Crippen LogP contribution >= 0.6 is 0 Å². The zero-order valence-electron chi connectivity index (χ0n) is 11.7. The maximum atomic E-state index is 11.3. The minimum atomic E-state index is 0.297. The summed E-state index contributed by atoms with van der Waals surface area (Å²) < 4.78 is 0. The van der Waals surface area contributed by atoms with Crippen molar-refractivity contribution in [3.05, 3.63) is 59.7 Å². The number of hydrogen-bond donors (Lipinski definition) is 2. The Morgan fingerprint density at radius 2 is 1.90 bits per heavy atom. The van der Waals surface area contributed by atoms with Gasteiger partial charge in [0.25, 0.3) is 0 Å². The molecule has 0 aliphatic rings. The minimum absolute atomic E-state index is 0.297. The van der Waals surface area contributed by atoms with Crippen LogP contribution in [0.2, 0.25) is 0 Å². The van der Waals surface area contributed by atoms with Crippen molar-refractivity contribution in [2.24, 2.45) is 5.73 Å². The molecule has 2 rings (SSSR count). The summed E-state index contributed by atoms with van der Waals surface area (Å²) in [7, 11) is 0. The summed E-state index contributed by atoms with van der Waals surface area (Å²) in [5.41, 5.74) is 9.30. The quantitative estimate of drug-likeness (QED) is 0.785. The Balaban J connectivity index is 2.23. The molecule has 3 N–H and O–H groups in total. The first kappa shape index (κ1) is 14.3. The number of hydrogen-bond acceptors (Lipinski definition) is 3. The predicted octanol–water partition coefficient (Wildman–Crippen LogP) is 3.70. The second kappa shape index (κ2) is 6.87. The minimum Gasteiger partial charge on any atom is -0.356 e. The van der Waals surface area contributed by atoms with E-state index in [1.54, 1.807) is 0 Å². The summed E-state index contributed by atoms with van der Waals surface area (Å²) in [6.45, 7) is 2.73. The monoisotopic (exact) mass is 268 g/mol. The van der Waals surface area contributed by atoms with Crippen molar-refractivity contribution in [1.29, 1.82) is 0 Å². The van der Waals surface area contributed by atoms with Crippen molar-refractivity contribution in [1.82, 2.24) is 0 Å². The van der Waals surface area contributed by atoms with Gasteiger partial charge in [0.2, 0.25) is 0 Å². The van der Waals surface area contributed by atoms with E-state index in [9.17, 15) is 4.79 Å². The lowest BCUT2D eigenvalue weighted by atomic mass is 9.93. The number of anilines is 2. The summed E-state index contributed by atoms with van der Waals surface area (Å²) in [5.74, 6) is 0.297. The Kier molecular flexibility index (Phi) is 4.91. The smallest absolute Gasteiger partial charge is 0.150 e. The Bertz CT molecular complexity index is 566. The Hall–Kier alpha value is -2.13. The van der Waals surface area contributed by atoms with Crippen molar-refractivity contribution < 1.29 is 4.79 Å². The van der Waals surface area contributed by atoms with E-state index in [0.717, 1.165) is 35.2 Å². The van der Waals surface area contributed by atoms with E-state index in [4.69, 9.17) is 5.73 Å². The fraction of sp³-hybridized carbons (Fsp3) is 0.235. The molecule has 1 atom stereocenters. The molecule has 2 aromatic rings. The van der Waals surface area contributed by atoms with Gasteiger partial charge >= 0.3 is 0 Å². The SMILES string of the molecule is CC(CCN)c1ccc(Nc2ccccc2)cc1C=O. The molecule has 104 valence electrons. The van der Waals surface area contributed by atoms with E-state index in [0.29, 0.717) is 12.5 Å². The largest absolute Gasteiger partial charge is 0.356 e. The molecule has 3 nitrogen and oxygen atoms in total. The molecular formula is C17H20N2O. The summed E-state index contributed by atoms with van der Waals surface area (Å²) in [5, 5.41) is 3.29. The molecule has 0 aliphatic heterocycles. The van der Waals surface area contributed by atoms with Crippen molar-refractivity contribution in [2.45, 2.75) is 19.3 Å². The number of rotatable bonds is 6. The number of nitrogens with one attached hydrogen (secondary N) is 1. The maximum absolute atomic E-state index is 11.3. The standard InChI is InChI=1S/C17H20N2O/c1-13(9-10-18)17-8-7-16(11-14(17)12-20)19-15-5-3-2-4-6-15/h2-8,11-13,19H,9-10,18H2,1H3. The van der Waals surface area contributed by atoms with E-state index >= 15 is 0 Å². The third-order valence-corrected chi connectivity index (χ3v) is 3.41. The Labute approximate surface area is 119 Å². The normalized spacial score (nSPS) is 11.9. The second-order valence-corrected chi connectivity index (χ2v) is 4.93. The first-order chi connectivity index (χ1) is 9.74. The van der Waals surface area contributed by atoms with Gasteiger partial charge in [0.1, 0.15) is 6.29 Å². The third-order valence-electron chi connectivity index (χ3n) is 3.41. The van der Waals surface area contributed by atoms with Crippen molar-refractivity contribution in [3.63, 3.8) is 0 Å². The van der Waals surface area contributed by atoms with Gasteiger partial charge in [-0.2, -0.15) is 0 Å². The molecular weight excluding hydrogens is 248 g/mol. The molecule has 20 heavy (non-hydrogen) atoms. The first-order valence-electron chi connectivity index (χ1n) is 6.86. The number of nitrogens with two attached hydrogens (primary N) is 1. The fourth-order valence-electron chi connectivity index (χ4n) is 2.30. The van der Waals surface area contributed by atoms with Gasteiger partial charge in [-0.05, 0) is 48.7 Å². The molecule has 0 spiro atoms. The van der Waals surface area contributed by atoms with Crippen molar-refractivity contribution >= 4 is 17.7 Å². The van der Waals surface area contributed by atoms with Crippen LogP contribution in [0.5, 0.6) is 0 Å². The highest BCUT2D eigenvalue weighted by Crippen LogP contribution is 2.26. The average Bonchev–Trinajstić information content (AvgIpc) is 2.48. The molecule has 0 fully saturated rings. The third kappa shape index (κ3) is 3.45. The van der Waals surface area contributed by atoms with Gasteiger partial charge in [-0.15, -0.1) is 0 Å². The summed E-state index contributed by atoms with van der Waals surface area (Å²) in [4.78, 5) is 11.3. The van der Waals surface area contributed by atoms with E-state index in [-0.39, 0.29) is 0 Å². The zero-order chi connectivity index (χ0) is 14.4. The van der Waals surface area contributed by atoms with E-state index in [1.807, 2.05) is 48.5 Å². The molecule has 0 radical (unpaired) electrons. The summed E-state index contributed by atoms with van der Waals surface area (Å²) in [6, 6.07) is 15.8. The molecule has 0 aliphatic carbocycles. The van der Waals surface area contributed by atoms with Crippen LogP contribution in [-0.2, 0) is 0 Å². The van der Waals surface area contributed by atoms with E-state index in [1.165, 1.54) is 0 Å². The molecule has 0 aromatic heterocycles. The zero-order valence-corrected chi connectivity index (χ0v) is 11.7. The number of carbonyl (C=O) groups excluding carboxylic acids is 1. The van der Waals surface area contributed by atoms with Crippen LogP contribution in [0.3, 0.4) is 0 Å². The summed E-state index contributed by atoms with van der Waals surface area (Å²) in [6.07, 6.45) is 1.80. The van der Waals surface area contributed by atoms with Crippen LogP contribution in [0.25, 0.3) is 0 Å². The Morgan fingerprint density at radius 3 is 2.55 bits per heavy atom. The highest BCUT2D eigenvalue weighted by Gasteiger charge is 2.10. The van der Waals surface area contributed by atoms with E-state index in [2.05, 4.69) is 12.2 Å². The Morgan fingerprint density at radius 1 is 1.15 bits per heavy atom. The lowest BCUT2D eigenvalue weighted by Crippen LogP contribution is -2.07. The number of para-hydroxylation sites is 1. The van der Waals surface area contributed by atoms with E-state index < -0.39 is 0 Å². The van der Waals surface area contributed by atoms with Crippen LogP contribution in [-0.4, -0.2) is 12.8 Å². The highest BCUT2D eigenvalue weighted by atomic mass is 16.1. The van der Waals surface area contributed by atoms with Crippen molar-refractivity contribution in [3.8, 4) is 0 Å². The van der Waals surface area contributed by atoms with Gasteiger partial charge in [0.15, 0.2) is 0 Å². The predicted molar refractivity (Wildman–Crippen MR) is 83.6 cm³/mol. The molecule has 2 aromatic carbocycles. The van der Waals surface area contributed by atoms with Crippen LogP contribution in [0.4, 0.5) is 11.4 Å². The fourth-order valence-corrected chi connectivity index (χ4v) is 2.30. The van der Waals surface area contributed by atoms with Gasteiger partial charge in [-0.3, -0.25) is 4.79 Å². The lowest BCUT2D eigenvalue weighted by molar-refractivity contribution is 0.112. The van der Waals surface area contributed by atoms with Crippen LogP contribution in [0.15, 0.2) is 48.5 Å². The molecule has 0 amide bonds.